The molecule has 200 valence electrons. The minimum absolute atomic E-state index is 0.257. The molecule has 8 heteroatoms. The minimum Gasteiger partial charge on any atom is -0.490 e. The summed E-state index contributed by atoms with van der Waals surface area (Å²) in [6.45, 7) is 12.7. The van der Waals surface area contributed by atoms with Crippen molar-refractivity contribution < 1.29 is 23.3 Å². The Morgan fingerprint density at radius 2 is 1.63 bits per heavy atom. The highest BCUT2D eigenvalue weighted by molar-refractivity contribution is 5.88. The Bertz CT molecular complexity index is 1380. The van der Waals surface area contributed by atoms with E-state index in [1.165, 1.54) is 12.1 Å². The number of hydrogen-bond acceptors (Lipinski definition) is 6. The van der Waals surface area contributed by atoms with Crippen LogP contribution in [-0.4, -0.2) is 48.3 Å². The van der Waals surface area contributed by atoms with Crippen LogP contribution < -0.4 is 14.2 Å². The number of nitrogens with zero attached hydrogens (tertiary/aromatic N) is 3. The van der Waals surface area contributed by atoms with Gasteiger partial charge in [-0.2, -0.15) is 5.10 Å². The van der Waals surface area contributed by atoms with E-state index >= 15 is 0 Å². The molecule has 4 rings (SSSR count). The lowest BCUT2D eigenvalue weighted by Gasteiger charge is -2.16. The van der Waals surface area contributed by atoms with Crippen molar-refractivity contribution in [3.05, 3.63) is 79.8 Å². The maximum Gasteiger partial charge on any atom is 0.221 e. The first-order chi connectivity index (χ1) is 18.5. The quantitative estimate of drug-likeness (QED) is 0.155. The Hall–Kier alpha value is -4.17. The third kappa shape index (κ3) is 6.58. The molecule has 0 aliphatic carbocycles. The van der Waals surface area contributed by atoms with Gasteiger partial charge in [0.05, 0.1) is 37.7 Å². The Balaban J connectivity index is 0.00000195. The van der Waals surface area contributed by atoms with E-state index in [-0.39, 0.29) is 6.61 Å². The molecule has 0 saturated heterocycles. The molecule has 0 fully saturated rings. The molecule has 2 aromatic carbocycles. The summed E-state index contributed by atoms with van der Waals surface area (Å²) >= 11 is 0. The number of aryl methyl sites for hydroxylation is 1. The topological polar surface area (TPSA) is 67.6 Å². The van der Waals surface area contributed by atoms with Crippen molar-refractivity contribution in [1.29, 1.82) is 0 Å². The summed E-state index contributed by atoms with van der Waals surface area (Å²) in [5.74, 6) is 0.987. The summed E-state index contributed by atoms with van der Waals surface area (Å²) in [6, 6.07) is 12.0. The van der Waals surface area contributed by atoms with Crippen molar-refractivity contribution in [2.45, 2.75) is 13.8 Å². The van der Waals surface area contributed by atoms with E-state index in [0.717, 1.165) is 16.5 Å². The zero-order valence-electron chi connectivity index (χ0n) is 22.4. The molecule has 7 nitrogen and oxygen atoms in total. The highest BCUT2D eigenvalue weighted by Gasteiger charge is 2.18. The summed E-state index contributed by atoms with van der Waals surface area (Å²) in [5, 5.41) is 5.29. The van der Waals surface area contributed by atoms with Crippen LogP contribution in [0.3, 0.4) is 0 Å². The average Bonchev–Trinajstić information content (AvgIpc) is 3.31. The molecule has 0 aliphatic rings. The summed E-state index contributed by atoms with van der Waals surface area (Å²) in [7, 11) is 3.42. The van der Waals surface area contributed by atoms with Crippen LogP contribution in [0.15, 0.2) is 74.0 Å². The summed E-state index contributed by atoms with van der Waals surface area (Å²) < 4.78 is 38.6. The van der Waals surface area contributed by atoms with Crippen LogP contribution in [0, 0.1) is 5.82 Å². The van der Waals surface area contributed by atoms with E-state index in [9.17, 15) is 4.39 Å². The standard InChI is InChI=1S/C28H28FN3O4.C2H6/c1-5-11-34-13-14-36-26-16-20(29)7-8-21(26)22-9-10-24(31-28(22)33-4)23-15-19-18-30-32(3)25(19)17-27(23)35-12-6-2;1-2/h5-10,15-18H,1-2,11-14H2,3-4H3;1-2H3. The van der Waals surface area contributed by atoms with Crippen LogP contribution in [0.1, 0.15) is 13.8 Å². The van der Waals surface area contributed by atoms with E-state index in [0.29, 0.717) is 54.0 Å². The predicted octanol–water partition coefficient (Wildman–Crippen LogP) is 6.62. The molecular formula is C30H34FN3O4. The monoisotopic (exact) mass is 519 g/mol. The largest absolute Gasteiger partial charge is 0.490 e. The molecule has 2 heterocycles. The summed E-state index contributed by atoms with van der Waals surface area (Å²) in [4.78, 5) is 4.76. The fourth-order valence-electron chi connectivity index (χ4n) is 3.82. The van der Waals surface area contributed by atoms with Crippen LogP contribution in [0.25, 0.3) is 33.3 Å². The highest BCUT2D eigenvalue weighted by Crippen LogP contribution is 2.39. The van der Waals surface area contributed by atoms with Crippen molar-refractivity contribution in [2.24, 2.45) is 7.05 Å². The number of hydrogen-bond donors (Lipinski definition) is 0. The molecule has 0 bridgehead atoms. The maximum absolute atomic E-state index is 14.0. The molecule has 0 amide bonds. The van der Waals surface area contributed by atoms with Crippen molar-refractivity contribution in [3.8, 4) is 39.8 Å². The van der Waals surface area contributed by atoms with Crippen LogP contribution in [0.5, 0.6) is 17.4 Å². The Morgan fingerprint density at radius 1 is 0.895 bits per heavy atom. The number of benzene rings is 2. The van der Waals surface area contributed by atoms with Gasteiger partial charge in [0.25, 0.3) is 0 Å². The molecule has 0 atom stereocenters. The number of methoxy groups -OCH3 is 1. The van der Waals surface area contributed by atoms with Crippen LogP contribution in [0.4, 0.5) is 4.39 Å². The fourth-order valence-corrected chi connectivity index (χ4v) is 3.82. The lowest BCUT2D eigenvalue weighted by Crippen LogP contribution is -2.07. The molecular weight excluding hydrogens is 485 g/mol. The second-order valence-corrected chi connectivity index (χ2v) is 7.88. The van der Waals surface area contributed by atoms with Gasteiger partial charge < -0.3 is 18.9 Å². The molecule has 0 radical (unpaired) electrons. The number of pyridine rings is 1. The molecule has 0 saturated carbocycles. The van der Waals surface area contributed by atoms with Gasteiger partial charge in [0.2, 0.25) is 5.88 Å². The zero-order chi connectivity index (χ0) is 27.5. The summed E-state index contributed by atoms with van der Waals surface area (Å²) in [6.07, 6.45) is 5.14. The van der Waals surface area contributed by atoms with Crippen molar-refractivity contribution in [2.75, 3.05) is 33.5 Å². The van der Waals surface area contributed by atoms with Crippen molar-refractivity contribution in [3.63, 3.8) is 0 Å². The van der Waals surface area contributed by atoms with Gasteiger partial charge in [-0.3, -0.25) is 4.68 Å². The molecule has 38 heavy (non-hydrogen) atoms. The van der Waals surface area contributed by atoms with Gasteiger partial charge in [0.1, 0.15) is 30.5 Å². The molecule has 0 aliphatic heterocycles. The van der Waals surface area contributed by atoms with Gasteiger partial charge in [-0.25, -0.2) is 9.37 Å². The number of rotatable bonds is 12. The minimum atomic E-state index is -0.405. The van der Waals surface area contributed by atoms with Gasteiger partial charge in [-0.05, 0) is 30.3 Å². The molecule has 0 N–H and O–H groups in total. The fraction of sp³-hybridized carbons (Fsp3) is 0.267. The van der Waals surface area contributed by atoms with Gasteiger partial charge >= 0.3 is 0 Å². The van der Waals surface area contributed by atoms with E-state index < -0.39 is 5.82 Å². The second-order valence-electron chi connectivity index (χ2n) is 7.88. The number of halogens is 1. The highest BCUT2D eigenvalue weighted by atomic mass is 19.1. The molecule has 4 aromatic rings. The lowest BCUT2D eigenvalue weighted by atomic mass is 10.0. The number of aromatic nitrogens is 3. The normalized spacial score (nSPS) is 10.4. The first-order valence-corrected chi connectivity index (χ1v) is 12.4. The predicted molar refractivity (Wildman–Crippen MR) is 149 cm³/mol. The number of ether oxygens (including phenoxy) is 4. The van der Waals surface area contributed by atoms with Crippen LogP contribution in [0.2, 0.25) is 0 Å². The third-order valence-electron chi connectivity index (χ3n) is 5.49. The zero-order valence-corrected chi connectivity index (χ0v) is 22.4. The van der Waals surface area contributed by atoms with Crippen molar-refractivity contribution >= 4 is 10.9 Å². The third-order valence-corrected chi connectivity index (χ3v) is 5.49. The van der Waals surface area contributed by atoms with E-state index in [1.807, 2.05) is 45.2 Å². The Morgan fingerprint density at radius 3 is 2.37 bits per heavy atom. The van der Waals surface area contributed by atoms with Gasteiger partial charge in [0.15, 0.2) is 0 Å². The molecule has 0 spiro atoms. The van der Waals surface area contributed by atoms with Gasteiger partial charge in [0, 0.05) is 41.3 Å². The molecule has 2 aromatic heterocycles. The first-order valence-electron chi connectivity index (χ1n) is 12.4. The first kappa shape index (κ1) is 28.4. The van der Waals surface area contributed by atoms with E-state index in [2.05, 4.69) is 18.3 Å². The van der Waals surface area contributed by atoms with E-state index in [4.69, 9.17) is 23.9 Å². The van der Waals surface area contributed by atoms with Crippen LogP contribution >= 0.6 is 0 Å². The van der Waals surface area contributed by atoms with Gasteiger partial charge in [-0.15, -0.1) is 6.58 Å². The smallest absolute Gasteiger partial charge is 0.221 e. The maximum atomic E-state index is 14.0. The summed E-state index contributed by atoms with van der Waals surface area (Å²) in [5.41, 5.74) is 3.70. The Kier molecular flexibility index (Phi) is 10.4. The lowest BCUT2D eigenvalue weighted by molar-refractivity contribution is 0.121. The molecule has 0 unspecified atom stereocenters. The van der Waals surface area contributed by atoms with Crippen LogP contribution in [-0.2, 0) is 11.8 Å². The van der Waals surface area contributed by atoms with Gasteiger partial charge in [-0.1, -0.05) is 32.6 Å². The average molecular weight is 520 g/mol. The SMILES string of the molecule is C=CCOCCOc1cc(F)ccc1-c1ccc(-c2cc3cnn(C)c3cc2OCC=C)nc1OC.CC. The van der Waals surface area contributed by atoms with E-state index in [1.54, 1.807) is 36.2 Å². The number of fused-ring (bicyclic) bond motifs is 1. The second kappa shape index (κ2) is 13.9. The Labute approximate surface area is 223 Å². The van der Waals surface area contributed by atoms with Crippen molar-refractivity contribution in [1.82, 2.24) is 14.8 Å².